The van der Waals surface area contributed by atoms with Gasteiger partial charge in [0, 0.05) is 30.3 Å². The van der Waals surface area contributed by atoms with Gasteiger partial charge in [-0.15, -0.1) is 0 Å². The van der Waals surface area contributed by atoms with E-state index in [-0.39, 0.29) is 23.0 Å². The van der Waals surface area contributed by atoms with Crippen LogP contribution in [0.15, 0.2) is 102 Å². The highest BCUT2D eigenvalue weighted by molar-refractivity contribution is 9.10. The van der Waals surface area contributed by atoms with Crippen LogP contribution in [-0.2, 0) is 22.2 Å². The normalized spacial score (nSPS) is 25.5. The number of carbonyl (C=O) groups is 1. The average Bonchev–Trinajstić information content (AvgIpc) is 2.94. The van der Waals surface area contributed by atoms with E-state index in [9.17, 15) is 18.3 Å². The van der Waals surface area contributed by atoms with Crippen molar-refractivity contribution in [3.8, 4) is 5.75 Å². The molecule has 10 heteroatoms. The van der Waals surface area contributed by atoms with Crippen LogP contribution >= 0.6 is 27.5 Å². The Bertz CT molecular complexity index is 1710. The van der Waals surface area contributed by atoms with E-state index in [0.717, 1.165) is 10.0 Å². The molecule has 2 aliphatic rings. The standard InChI is InChI=1S/C30H24BrClN2O5S/c1-34(18-19-8-4-2-5-9-19)40(37,38)28-25(20-10-6-3-7-11-20)30(21-12-14-22(31)15-13-21)29(28,36)27(35)26-24(39-30)16-23(32)17-33-26/h2-17,25,28,36H,18H2,1H3. The second kappa shape index (κ2) is 9.78. The Morgan fingerprint density at radius 1 is 1.02 bits per heavy atom. The number of pyridine rings is 1. The van der Waals surface area contributed by atoms with E-state index in [1.54, 1.807) is 48.5 Å². The number of rotatable bonds is 6. The van der Waals surface area contributed by atoms with Crippen molar-refractivity contribution in [3.63, 3.8) is 0 Å². The lowest BCUT2D eigenvalue weighted by Crippen LogP contribution is -2.84. The van der Waals surface area contributed by atoms with Crippen LogP contribution in [0.1, 0.15) is 33.1 Å². The lowest BCUT2D eigenvalue weighted by Gasteiger charge is -2.65. The Labute approximate surface area is 245 Å². The smallest absolute Gasteiger partial charge is 0.222 e. The van der Waals surface area contributed by atoms with Crippen LogP contribution in [-0.4, -0.2) is 46.5 Å². The first-order chi connectivity index (χ1) is 19.1. The molecule has 4 unspecified atom stereocenters. The third-order valence-corrected chi connectivity index (χ3v) is 10.8. The van der Waals surface area contributed by atoms with Gasteiger partial charge in [-0.05, 0) is 28.8 Å². The van der Waals surface area contributed by atoms with Crippen LogP contribution in [0.3, 0.4) is 0 Å². The van der Waals surface area contributed by atoms with Crippen molar-refractivity contribution >= 4 is 43.3 Å². The minimum Gasteiger partial charge on any atom is -0.476 e. The highest BCUT2D eigenvalue weighted by Crippen LogP contribution is 2.67. The Balaban J connectivity index is 1.60. The Morgan fingerprint density at radius 2 is 1.65 bits per heavy atom. The average molecular weight is 640 g/mol. The molecule has 204 valence electrons. The zero-order valence-electron chi connectivity index (χ0n) is 21.2. The van der Waals surface area contributed by atoms with Crippen molar-refractivity contribution in [2.24, 2.45) is 0 Å². The van der Waals surface area contributed by atoms with Crippen LogP contribution < -0.4 is 4.74 Å². The lowest BCUT2D eigenvalue weighted by molar-refractivity contribution is -0.203. The zero-order valence-corrected chi connectivity index (χ0v) is 24.4. The van der Waals surface area contributed by atoms with Crippen molar-refractivity contribution in [1.29, 1.82) is 0 Å². The van der Waals surface area contributed by atoms with Crippen LogP contribution in [0.4, 0.5) is 0 Å². The largest absolute Gasteiger partial charge is 0.476 e. The number of ketones is 1. The molecule has 0 saturated heterocycles. The number of hydrogen-bond acceptors (Lipinski definition) is 6. The number of sulfonamides is 1. The number of hydrogen-bond donors (Lipinski definition) is 1. The molecular formula is C30H24BrClN2O5S. The summed E-state index contributed by atoms with van der Waals surface area (Å²) in [4.78, 5) is 18.4. The second-order valence-corrected chi connectivity index (χ2v) is 13.5. The fraction of sp³-hybridized carbons (Fsp3) is 0.200. The van der Waals surface area contributed by atoms with E-state index < -0.39 is 38.2 Å². The van der Waals surface area contributed by atoms with Crippen molar-refractivity contribution in [3.05, 3.63) is 129 Å². The molecule has 0 bridgehead atoms. The number of aliphatic hydroxyl groups is 1. The van der Waals surface area contributed by atoms with Crippen LogP contribution in [0.5, 0.6) is 5.75 Å². The van der Waals surface area contributed by atoms with Gasteiger partial charge in [0.1, 0.15) is 5.25 Å². The lowest BCUT2D eigenvalue weighted by atomic mass is 9.49. The molecule has 1 aliphatic heterocycles. The molecule has 2 heterocycles. The fourth-order valence-electron chi connectivity index (χ4n) is 6.01. The van der Waals surface area contributed by atoms with Crippen molar-refractivity contribution < 1.29 is 23.1 Å². The molecule has 1 N–H and O–H groups in total. The summed E-state index contributed by atoms with van der Waals surface area (Å²) in [6, 6.07) is 26.5. The number of nitrogens with zero attached hydrogens (tertiary/aromatic N) is 2. The first-order valence-corrected chi connectivity index (χ1v) is 15.2. The molecule has 1 saturated carbocycles. The summed E-state index contributed by atoms with van der Waals surface area (Å²) in [6.45, 7) is 0.0576. The van der Waals surface area contributed by atoms with Gasteiger partial charge in [-0.3, -0.25) is 4.79 Å². The molecule has 1 aromatic heterocycles. The quantitative estimate of drug-likeness (QED) is 0.307. The van der Waals surface area contributed by atoms with E-state index in [4.69, 9.17) is 16.3 Å². The van der Waals surface area contributed by atoms with Crippen LogP contribution in [0.25, 0.3) is 0 Å². The Hall–Kier alpha value is -3.08. The maximum Gasteiger partial charge on any atom is 0.222 e. The van der Waals surface area contributed by atoms with Gasteiger partial charge in [-0.2, -0.15) is 0 Å². The monoisotopic (exact) mass is 638 g/mol. The minimum atomic E-state index is -4.31. The number of Topliss-reactive ketones (excluding diaryl/α,β-unsaturated/α-hetero) is 1. The molecule has 1 aliphatic carbocycles. The van der Waals surface area contributed by atoms with Crippen molar-refractivity contribution in [1.82, 2.24) is 9.29 Å². The van der Waals surface area contributed by atoms with Gasteiger partial charge in [-0.1, -0.05) is 100 Å². The molecule has 0 radical (unpaired) electrons. The predicted molar refractivity (Wildman–Crippen MR) is 155 cm³/mol. The molecule has 1 fully saturated rings. The van der Waals surface area contributed by atoms with E-state index in [2.05, 4.69) is 20.9 Å². The highest BCUT2D eigenvalue weighted by atomic mass is 79.9. The fourth-order valence-corrected chi connectivity index (χ4v) is 8.54. The maximum atomic E-state index is 14.4. The number of benzene rings is 3. The summed E-state index contributed by atoms with van der Waals surface area (Å²) < 4.78 is 37.3. The minimum absolute atomic E-state index is 0.0576. The van der Waals surface area contributed by atoms with Crippen molar-refractivity contribution in [2.45, 2.75) is 28.9 Å². The van der Waals surface area contributed by atoms with Crippen LogP contribution in [0.2, 0.25) is 5.02 Å². The molecule has 7 nitrogen and oxygen atoms in total. The van der Waals surface area contributed by atoms with Gasteiger partial charge in [0.25, 0.3) is 0 Å². The predicted octanol–water partition coefficient (Wildman–Crippen LogP) is 5.33. The number of halogens is 2. The van der Waals surface area contributed by atoms with Gasteiger partial charge >= 0.3 is 0 Å². The van der Waals surface area contributed by atoms with E-state index in [0.29, 0.717) is 11.1 Å². The summed E-state index contributed by atoms with van der Waals surface area (Å²) in [6.07, 6.45) is 1.27. The highest BCUT2D eigenvalue weighted by Gasteiger charge is 2.84. The Kier molecular flexibility index (Phi) is 6.63. The molecular weight excluding hydrogens is 616 g/mol. The van der Waals surface area contributed by atoms with Crippen LogP contribution in [0, 0.1) is 0 Å². The first-order valence-electron chi connectivity index (χ1n) is 12.5. The third kappa shape index (κ3) is 3.87. The summed E-state index contributed by atoms with van der Waals surface area (Å²) >= 11 is 9.66. The van der Waals surface area contributed by atoms with E-state index in [1.807, 2.05) is 36.4 Å². The number of fused-ring (bicyclic) bond motifs is 2. The summed E-state index contributed by atoms with van der Waals surface area (Å²) in [5.41, 5.74) is -2.64. The number of ether oxygens (including phenoxy) is 1. The molecule has 3 aromatic carbocycles. The van der Waals surface area contributed by atoms with Gasteiger partial charge in [0.05, 0.1) is 10.9 Å². The van der Waals surface area contributed by atoms with Gasteiger partial charge in [0.15, 0.2) is 22.6 Å². The Morgan fingerprint density at radius 3 is 2.30 bits per heavy atom. The van der Waals surface area contributed by atoms with Gasteiger partial charge < -0.3 is 9.84 Å². The SMILES string of the molecule is CN(Cc1ccccc1)S(=O)(=O)C1C(c2ccccc2)C2(c3ccc(Br)cc3)Oc3cc(Cl)cnc3C(=O)C12O. The van der Waals surface area contributed by atoms with E-state index in [1.165, 1.54) is 23.6 Å². The second-order valence-electron chi connectivity index (χ2n) is 10.0. The topological polar surface area (TPSA) is 96.8 Å². The van der Waals surface area contributed by atoms with Gasteiger partial charge in [-0.25, -0.2) is 17.7 Å². The molecule has 40 heavy (non-hydrogen) atoms. The molecule has 4 atom stereocenters. The number of carbonyl (C=O) groups excluding carboxylic acids is 1. The van der Waals surface area contributed by atoms with Gasteiger partial charge in [0.2, 0.25) is 15.8 Å². The molecule has 6 rings (SSSR count). The third-order valence-electron chi connectivity index (χ3n) is 7.81. The summed E-state index contributed by atoms with van der Waals surface area (Å²) in [7, 11) is -2.85. The number of aromatic nitrogens is 1. The summed E-state index contributed by atoms with van der Waals surface area (Å²) in [5.74, 6) is -1.71. The van der Waals surface area contributed by atoms with Crippen molar-refractivity contribution in [2.75, 3.05) is 7.05 Å². The summed E-state index contributed by atoms with van der Waals surface area (Å²) in [5, 5.41) is 11.2. The zero-order chi connectivity index (χ0) is 28.3. The molecule has 0 amide bonds. The molecule has 0 spiro atoms. The molecule has 4 aromatic rings. The maximum absolute atomic E-state index is 14.4. The first kappa shape index (κ1) is 27.1. The van der Waals surface area contributed by atoms with E-state index >= 15 is 0 Å².